The molecule has 4 aliphatic rings. The van der Waals surface area contributed by atoms with E-state index in [1.807, 2.05) is 15.7 Å². The number of aliphatic carboxylic acids is 1. The summed E-state index contributed by atoms with van der Waals surface area (Å²) >= 11 is 0. The van der Waals surface area contributed by atoms with Gasteiger partial charge in [0.25, 0.3) is 5.91 Å². The van der Waals surface area contributed by atoms with Gasteiger partial charge in [0.05, 0.1) is 6.54 Å². The second kappa shape index (κ2) is 9.43. The maximum Gasteiger partial charge on any atom is 0.490 e. The number of piperidine rings is 1. The van der Waals surface area contributed by atoms with Gasteiger partial charge in [-0.2, -0.15) is 13.2 Å². The summed E-state index contributed by atoms with van der Waals surface area (Å²) in [5, 5.41) is 13.2. The number of rotatable bonds is 4. The van der Waals surface area contributed by atoms with Crippen molar-refractivity contribution in [3.05, 3.63) is 18.2 Å². The fourth-order valence-electron chi connectivity index (χ4n) is 4.12. The predicted octanol–water partition coefficient (Wildman–Crippen LogP) is 1.60. The third kappa shape index (κ3) is 5.80. The molecule has 3 fully saturated rings. The van der Waals surface area contributed by atoms with E-state index in [1.165, 1.54) is 12.8 Å². The fourth-order valence-corrected chi connectivity index (χ4v) is 4.12. The Balaban J connectivity index is 0.000000344. The zero-order valence-electron chi connectivity index (χ0n) is 18.5. The Hall–Kier alpha value is -2.83. The van der Waals surface area contributed by atoms with E-state index in [-0.39, 0.29) is 11.9 Å². The number of nitrogens with one attached hydrogen (secondary N) is 2. The first-order chi connectivity index (χ1) is 16.1. The minimum absolute atomic E-state index is 0.0187. The molecule has 0 radical (unpaired) electrons. The number of likely N-dealkylation sites (tertiary alicyclic amines) is 1. The van der Waals surface area contributed by atoms with Gasteiger partial charge in [0, 0.05) is 50.9 Å². The number of ether oxygens (including phenoxy) is 1. The smallest absolute Gasteiger partial charge is 0.475 e. The number of hydrogen-bond acceptors (Lipinski definition) is 5. The van der Waals surface area contributed by atoms with E-state index < -0.39 is 23.9 Å². The molecule has 2 aliphatic carbocycles. The summed E-state index contributed by atoms with van der Waals surface area (Å²) in [4.78, 5) is 40.3. The average Bonchev–Trinajstić information content (AvgIpc) is 3.72. The van der Waals surface area contributed by atoms with Gasteiger partial charge in [-0.3, -0.25) is 4.79 Å². The number of carboxylic acid groups (broad SMARTS) is 1. The molecular formula is C21H28F3N5O5. The second-order valence-electron chi connectivity index (χ2n) is 9.21. The van der Waals surface area contributed by atoms with E-state index >= 15 is 0 Å². The molecule has 13 heteroatoms. The molecule has 34 heavy (non-hydrogen) atoms. The van der Waals surface area contributed by atoms with Crippen LogP contribution in [0.2, 0.25) is 0 Å². The lowest BCUT2D eigenvalue weighted by atomic mass is 9.88. The van der Waals surface area contributed by atoms with Gasteiger partial charge in [0.1, 0.15) is 11.4 Å². The zero-order valence-corrected chi connectivity index (χ0v) is 18.5. The Morgan fingerprint density at radius 1 is 1.18 bits per heavy atom. The quantitative estimate of drug-likeness (QED) is 0.593. The second-order valence-corrected chi connectivity index (χ2v) is 9.21. The monoisotopic (exact) mass is 487 g/mol. The minimum Gasteiger partial charge on any atom is -0.475 e. The molecule has 3 heterocycles. The number of nitrogens with zero attached hydrogens (tertiary/aromatic N) is 3. The van der Waals surface area contributed by atoms with Crippen LogP contribution in [0.3, 0.4) is 0 Å². The van der Waals surface area contributed by atoms with Crippen LogP contribution >= 0.6 is 0 Å². The highest BCUT2D eigenvalue weighted by molar-refractivity contribution is 5.81. The Kier molecular flexibility index (Phi) is 6.74. The molecule has 1 saturated heterocycles. The van der Waals surface area contributed by atoms with Gasteiger partial charge in [-0.1, -0.05) is 0 Å². The molecule has 3 N–H and O–H groups in total. The van der Waals surface area contributed by atoms with Crippen LogP contribution < -0.4 is 10.6 Å². The van der Waals surface area contributed by atoms with Crippen molar-refractivity contribution in [3.63, 3.8) is 0 Å². The summed E-state index contributed by atoms with van der Waals surface area (Å²) in [6, 6.07) is 0.378. The number of alkyl halides is 3. The molecule has 1 atom stereocenters. The van der Waals surface area contributed by atoms with Gasteiger partial charge in [0.15, 0.2) is 6.10 Å². The molecule has 0 aromatic carbocycles. The maximum absolute atomic E-state index is 12.6. The summed E-state index contributed by atoms with van der Waals surface area (Å²) in [5.41, 5.74) is -0.584. The van der Waals surface area contributed by atoms with Gasteiger partial charge >= 0.3 is 18.2 Å². The molecule has 0 bridgehead atoms. The summed E-state index contributed by atoms with van der Waals surface area (Å²) in [6.45, 7) is 2.47. The number of halogens is 3. The van der Waals surface area contributed by atoms with Crippen LogP contribution in [0.25, 0.3) is 0 Å². The van der Waals surface area contributed by atoms with Crippen LogP contribution in [0.15, 0.2) is 12.4 Å². The molecular weight excluding hydrogens is 459 g/mol. The third-order valence-electron chi connectivity index (χ3n) is 6.41. The van der Waals surface area contributed by atoms with E-state index in [1.54, 1.807) is 6.20 Å². The zero-order chi connectivity index (χ0) is 24.5. The molecule has 2 saturated carbocycles. The predicted molar refractivity (Wildman–Crippen MR) is 111 cm³/mol. The van der Waals surface area contributed by atoms with E-state index in [9.17, 15) is 22.8 Å². The molecule has 5 rings (SSSR count). The van der Waals surface area contributed by atoms with Crippen LogP contribution in [-0.2, 0) is 26.5 Å². The van der Waals surface area contributed by atoms with Crippen molar-refractivity contribution in [2.75, 3.05) is 19.6 Å². The lowest BCUT2D eigenvalue weighted by Gasteiger charge is -2.45. The lowest BCUT2D eigenvalue weighted by Crippen LogP contribution is -2.56. The normalized spacial score (nSPS) is 23.4. The van der Waals surface area contributed by atoms with Crippen LogP contribution in [-0.4, -0.2) is 75.4 Å². The number of hydrogen-bond donors (Lipinski definition) is 3. The first-order valence-electron chi connectivity index (χ1n) is 11.4. The number of carbonyl (C=O) groups is 3. The summed E-state index contributed by atoms with van der Waals surface area (Å²) in [5.74, 6) is -1.26. The number of carbonyl (C=O) groups excluding carboxylic acids is 2. The Labute approximate surface area is 193 Å². The molecule has 10 nitrogen and oxygen atoms in total. The van der Waals surface area contributed by atoms with Crippen molar-refractivity contribution in [2.24, 2.45) is 5.92 Å². The number of amides is 3. The molecule has 188 valence electrons. The van der Waals surface area contributed by atoms with Crippen LogP contribution in [0.4, 0.5) is 18.0 Å². The number of urea groups is 1. The van der Waals surface area contributed by atoms with Gasteiger partial charge in [-0.25, -0.2) is 14.6 Å². The highest BCUT2D eigenvalue weighted by Crippen LogP contribution is 2.40. The number of fused-ring (bicyclic) bond motifs is 2. The Morgan fingerprint density at radius 3 is 2.38 bits per heavy atom. The summed E-state index contributed by atoms with van der Waals surface area (Å²) in [7, 11) is 0. The van der Waals surface area contributed by atoms with Gasteiger partial charge in [0.2, 0.25) is 0 Å². The van der Waals surface area contributed by atoms with Crippen molar-refractivity contribution in [1.29, 1.82) is 0 Å². The van der Waals surface area contributed by atoms with Gasteiger partial charge in [-0.15, -0.1) is 0 Å². The highest BCUT2D eigenvalue weighted by atomic mass is 19.4. The van der Waals surface area contributed by atoms with E-state index in [2.05, 4.69) is 15.6 Å². The molecule has 1 unspecified atom stereocenters. The van der Waals surface area contributed by atoms with Crippen LogP contribution in [0.5, 0.6) is 0 Å². The van der Waals surface area contributed by atoms with Gasteiger partial charge in [-0.05, 0) is 31.6 Å². The van der Waals surface area contributed by atoms with Crippen molar-refractivity contribution >= 4 is 17.9 Å². The van der Waals surface area contributed by atoms with Crippen molar-refractivity contribution in [3.8, 4) is 0 Å². The molecule has 2 aliphatic heterocycles. The van der Waals surface area contributed by atoms with Crippen molar-refractivity contribution in [2.45, 2.75) is 69.0 Å². The van der Waals surface area contributed by atoms with E-state index in [4.69, 9.17) is 14.6 Å². The van der Waals surface area contributed by atoms with Gasteiger partial charge < -0.3 is 29.9 Å². The van der Waals surface area contributed by atoms with Crippen molar-refractivity contribution in [1.82, 2.24) is 25.1 Å². The maximum atomic E-state index is 12.6. The summed E-state index contributed by atoms with van der Waals surface area (Å²) < 4.78 is 40.2. The fraction of sp³-hybridized carbons (Fsp3) is 0.714. The molecule has 1 spiro atoms. The topological polar surface area (TPSA) is 126 Å². The number of imidazole rings is 1. The minimum atomic E-state index is -5.08. The third-order valence-corrected chi connectivity index (χ3v) is 6.41. The van der Waals surface area contributed by atoms with E-state index in [0.717, 1.165) is 25.2 Å². The van der Waals surface area contributed by atoms with E-state index in [0.29, 0.717) is 44.4 Å². The number of carboxylic acids is 1. The lowest BCUT2D eigenvalue weighted by molar-refractivity contribution is -0.192. The first-order valence-corrected chi connectivity index (χ1v) is 11.4. The molecule has 3 amide bonds. The highest BCUT2D eigenvalue weighted by Gasteiger charge is 2.48. The summed E-state index contributed by atoms with van der Waals surface area (Å²) in [6.07, 6.45) is 4.02. The molecule has 1 aromatic heterocycles. The Morgan fingerprint density at radius 2 is 1.82 bits per heavy atom. The van der Waals surface area contributed by atoms with Crippen molar-refractivity contribution < 1.29 is 37.4 Å². The standard InChI is InChI=1S/C19H27N5O3.C2HF3O2/c25-16(21-11-13-1-2-13)15-12-24-10-7-20-17(24)19(27-15)5-8-23(9-6-19)18(26)22-14-3-4-14;3-2(4,5)1(6)7/h7,10,13-15H,1-6,8-9,11-12H2,(H,21,25)(H,22,26);(H,6,7). The van der Waals surface area contributed by atoms with Crippen LogP contribution in [0, 0.1) is 5.92 Å². The SMILES string of the molecule is O=C(NCC1CC1)C1Cn2ccnc2C2(CCN(C(=O)NC3CC3)CC2)O1.O=C(O)C(F)(F)F. The first kappa shape index (κ1) is 24.3. The number of aromatic nitrogens is 2. The van der Waals surface area contributed by atoms with Crippen LogP contribution in [0.1, 0.15) is 44.3 Å². The average molecular weight is 487 g/mol. The molecule has 1 aromatic rings. The Bertz CT molecular complexity index is 920. The largest absolute Gasteiger partial charge is 0.490 e.